The normalized spacial score (nSPS) is 10.9. The van der Waals surface area contributed by atoms with Crippen molar-refractivity contribution in [3.05, 3.63) is 72.3 Å². The number of hydrogen-bond acceptors (Lipinski definition) is 7. The van der Waals surface area contributed by atoms with Gasteiger partial charge in [-0.05, 0) is 36.8 Å². The van der Waals surface area contributed by atoms with Gasteiger partial charge in [-0.25, -0.2) is 0 Å². The van der Waals surface area contributed by atoms with E-state index >= 15 is 0 Å². The van der Waals surface area contributed by atoms with E-state index in [-0.39, 0.29) is 25.5 Å². The summed E-state index contributed by atoms with van der Waals surface area (Å²) in [5, 5.41) is 0. The van der Waals surface area contributed by atoms with Crippen molar-refractivity contribution >= 4 is 17.3 Å². The molecular weight excluding hydrogens is 458 g/mol. The molecule has 0 bridgehead atoms. The molecule has 0 saturated carbocycles. The van der Waals surface area contributed by atoms with Crippen molar-refractivity contribution in [1.29, 1.82) is 0 Å². The second kappa shape index (κ2) is 11.8. The maximum absolute atomic E-state index is 12.9. The quantitative estimate of drug-likeness (QED) is 0.279. The highest BCUT2D eigenvalue weighted by atomic mass is 19.3. The Hall–Kier alpha value is -3.89. The van der Waals surface area contributed by atoms with Crippen LogP contribution in [0.2, 0.25) is 0 Å². The summed E-state index contributed by atoms with van der Waals surface area (Å²) in [6.45, 7) is -4.29. The van der Waals surface area contributed by atoms with Crippen LogP contribution in [-0.2, 0) is 22.5 Å². The number of ether oxygens (including phenoxy) is 3. The molecule has 0 fully saturated rings. The molecule has 0 spiro atoms. The van der Waals surface area contributed by atoms with Gasteiger partial charge in [0.2, 0.25) is 0 Å². The summed E-state index contributed by atoms with van der Waals surface area (Å²) in [6, 6.07) is 10.6. The van der Waals surface area contributed by atoms with E-state index in [1.165, 1.54) is 30.7 Å². The predicted octanol–water partition coefficient (Wildman–Crippen LogP) is 5.12. The number of halogens is 4. The van der Waals surface area contributed by atoms with Crippen LogP contribution in [0.1, 0.15) is 18.2 Å². The molecule has 0 saturated heterocycles. The number of aromatic nitrogens is 2. The minimum atomic E-state index is -3.24. The molecule has 7 nitrogen and oxygen atoms in total. The Morgan fingerprint density at radius 2 is 1.62 bits per heavy atom. The van der Waals surface area contributed by atoms with Gasteiger partial charge in [-0.1, -0.05) is 12.1 Å². The van der Waals surface area contributed by atoms with Gasteiger partial charge in [0.1, 0.15) is 0 Å². The third-order valence-electron chi connectivity index (χ3n) is 4.51. The summed E-state index contributed by atoms with van der Waals surface area (Å²) in [5.41, 5.74) is 2.23. The third kappa shape index (κ3) is 7.06. The van der Waals surface area contributed by atoms with Crippen LogP contribution in [0.4, 0.5) is 28.9 Å². The molecule has 1 aromatic heterocycles. The fourth-order valence-electron chi connectivity index (χ4n) is 3.12. The Kier molecular flexibility index (Phi) is 8.60. The molecule has 0 unspecified atom stereocenters. The third-order valence-corrected chi connectivity index (χ3v) is 4.51. The van der Waals surface area contributed by atoms with Gasteiger partial charge >= 0.3 is 19.2 Å². The van der Waals surface area contributed by atoms with Crippen LogP contribution >= 0.6 is 0 Å². The summed E-state index contributed by atoms with van der Waals surface area (Å²) in [7, 11) is 0. The lowest BCUT2D eigenvalue weighted by Gasteiger charge is -2.26. The zero-order chi connectivity index (χ0) is 24.5. The lowest BCUT2D eigenvalue weighted by atomic mass is 10.1. The van der Waals surface area contributed by atoms with E-state index in [4.69, 9.17) is 4.74 Å². The number of carbonyl (C=O) groups is 1. The van der Waals surface area contributed by atoms with E-state index in [0.29, 0.717) is 22.6 Å². The molecule has 0 amide bonds. The molecule has 3 aromatic rings. The minimum absolute atomic E-state index is 0.0876. The number of esters is 1. The van der Waals surface area contributed by atoms with Crippen molar-refractivity contribution in [2.75, 3.05) is 11.5 Å². The summed E-state index contributed by atoms with van der Waals surface area (Å²) in [4.78, 5) is 21.7. The molecule has 2 aromatic carbocycles. The highest BCUT2D eigenvalue weighted by Gasteiger charge is 2.19. The smallest absolute Gasteiger partial charge is 0.387 e. The van der Waals surface area contributed by atoms with E-state index < -0.39 is 24.7 Å². The first-order valence-corrected chi connectivity index (χ1v) is 10.2. The first-order valence-electron chi connectivity index (χ1n) is 10.2. The molecule has 1 heterocycles. The van der Waals surface area contributed by atoms with Gasteiger partial charge in [0.15, 0.2) is 11.5 Å². The number of benzene rings is 2. The number of nitrogens with zero attached hydrogens (tertiary/aromatic N) is 3. The highest BCUT2D eigenvalue weighted by molar-refractivity contribution is 5.73. The molecule has 0 aliphatic carbocycles. The van der Waals surface area contributed by atoms with E-state index in [1.807, 2.05) is 0 Å². The van der Waals surface area contributed by atoms with Crippen LogP contribution in [0, 0.1) is 0 Å². The Balaban J connectivity index is 1.97. The Labute approximate surface area is 192 Å². The lowest BCUT2D eigenvalue weighted by Crippen LogP contribution is -2.18. The largest absolute Gasteiger partial charge is 0.466 e. The molecule has 0 aliphatic heterocycles. The highest BCUT2D eigenvalue weighted by Crippen LogP contribution is 2.37. The maximum Gasteiger partial charge on any atom is 0.387 e. The predicted molar refractivity (Wildman–Crippen MR) is 114 cm³/mol. The van der Waals surface area contributed by atoms with Crippen molar-refractivity contribution in [3.63, 3.8) is 0 Å². The van der Waals surface area contributed by atoms with E-state index in [9.17, 15) is 22.4 Å². The van der Waals surface area contributed by atoms with Gasteiger partial charge in [0.05, 0.1) is 31.5 Å². The van der Waals surface area contributed by atoms with Gasteiger partial charge in [0, 0.05) is 29.8 Å². The molecule has 0 N–H and O–H groups in total. The molecule has 0 radical (unpaired) electrons. The van der Waals surface area contributed by atoms with Crippen molar-refractivity contribution < 1.29 is 36.6 Å². The van der Waals surface area contributed by atoms with Crippen LogP contribution < -0.4 is 14.4 Å². The summed E-state index contributed by atoms with van der Waals surface area (Å²) >= 11 is 0. The monoisotopic (exact) mass is 479 g/mol. The van der Waals surface area contributed by atoms with Crippen molar-refractivity contribution in [3.8, 4) is 11.5 Å². The zero-order valence-corrected chi connectivity index (χ0v) is 18.0. The van der Waals surface area contributed by atoms with E-state index in [1.54, 1.807) is 36.1 Å². The molecule has 11 heteroatoms. The minimum Gasteiger partial charge on any atom is -0.466 e. The van der Waals surface area contributed by atoms with Gasteiger partial charge in [-0.15, -0.1) is 0 Å². The number of carbonyl (C=O) groups excluding carboxylic acids is 1. The van der Waals surface area contributed by atoms with Crippen molar-refractivity contribution in [2.24, 2.45) is 0 Å². The second-order valence-corrected chi connectivity index (χ2v) is 6.82. The standard InChI is InChI=1S/C23H21F4N3O4/c1-2-32-21(31)11-15-3-5-17(6-4-15)30(14-16-13-28-9-10-29-16)18-7-8-19(33-22(24)25)20(12-18)34-23(26)27/h3-10,12-13,22-23H,2,11,14H2,1H3. The molecule has 3 rings (SSSR count). The Morgan fingerprint density at radius 3 is 2.24 bits per heavy atom. The summed E-state index contributed by atoms with van der Waals surface area (Å²) in [6.07, 6.45) is 4.63. The summed E-state index contributed by atoms with van der Waals surface area (Å²) < 4.78 is 64.9. The van der Waals surface area contributed by atoms with Crippen LogP contribution in [-0.4, -0.2) is 35.8 Å². The van der Waals surface area contributed by atoms with Gasteiger partial charge < -0.3 is 19.1 Å². The Morgan fingerprint density at radius 1 is 0.941 bits per heavy atom. The summed E-state index contributed by atoms with van der Waals surface area (Å²) in [5.74, 6) is -1.44. The van der Waals surface area contributed by atoms with E-state index in [2.05, 4.69) is 19.4 Å². The first kappa shape index (κ1) is 24.7. The number of rotatable bonds is 11. The first-order chi connectivity index (χ1) is 16.4. The number of anilines is 2. The van der Waals surface area contributed by atoms with E-state index in [0.717, 1.165) is 6.07 Å². The van der Waals surface area contributed by atoms with Gasteiger partial charge in [-0.2, -0.15) is 17.6 Å². The fourth-order valence-corrected chi connectivity index (χ4v) is 3.12. The van der Waals surface area contributed by atoms with Crippen molar-refractivity contribution in [1.82, 2.24) is 9.97 Å². The van der Waals surface area contributed by atoms with Crippen LogP contribution in [0.3, 0.4) is 0 Å². The average molecular weight is 479 g/mol. The second-order valence-electron chi connectivity index (χ2n) is 6.82. The topological polar surface area (TPSA) is 73.8 Å². The molecular formula is C23H21F4N3O4. The average Bonchev–Trinajstić information content (AvgIpc) is 2.79. The SMILES string of the molecule is CCOC(=O)Cc1ccc(N(Cc2cnccn2)c2ccc(OC(F)F)c(OC(F)F)c2)cc1. The van der Waals surface area contributed by atoms with Crippen molar-refractivity contribution in [2.45, 2.75) is 33.1 Å². The fraction of sp³-hybridized carbons (Fsp3) is 0.261. The number of hydrogen-bond donors (Lipinski definition) is 0. The molecule has 180 valence electrons. The van der Waals surface area contributed by atoms with Crippen LogP contribution in [0.5, 0.6) is 11.5 Å². The molecule has 0 atom stereocenters. The number of alkyl halides is 4. The maximum atomic E-state index is 12.9. The van der Waals surface area contributed by atoms with Gasteiger partial charge in [0.25, 0.3) is 0 Å². The molecule has 0 aliphatic rings. The lowest BCUT2D eigenvalue weighted by molar-refractivity contribution is -0.142. The van der Waals surface area contributed by atoms with Crippen LogP contribution in [0.15, 0.2) is 61.1 Å². The van der Waals surface area contributed by atoms with Gasteiger partial charge in [-0.3, -0.25) is 14.8 Å². The molecule has 34 heavy (non-hydrogen) atoms. The Bertz CT molecular complexity index is 1070. The van der Waals surface area contributed by atoms with Crippen LogP contribution in [0.25, 0.3) is 0 Å². The zero-order valence-electron chi connectivity index (χ0n) is 18.0.